The predicted octanol–water partition coefficient (Wildman–Crippen LogP) is 0.662. The van der Waals surface area contributed by atoms with Crippen LogP contribution in [-0.4, -0.2) is 81.2 Å². The van der Waals surface area contributed by atoms with Gasteiger partial charge in [0.05, 0.1) is 6.04 Å². The van der Waals surface area contributed by atoms with E-state index in [0.29, 0.717) is 16.9 Å². The summed E-state index contributed by atoms with van der Waals surface area (Å²) in [4.78, 5) is 62.2. The normalized spacial score (nSPS) is 13.7. The van der Waals surface area contributed by atoms with Gasteiger partial charge in [0.1, 0.15) is 23.9 Å². The van der Waals surface area contributed by atoms with Gasteiger partial charge >= 0.3 is 11.9 Å². The van der Waals surface area contributed by atoms with E-state index in [0.717, 1.165) is 0 Å². The first-order valence-electron chi connectivity index (χ1n) is 12.9. The Balaban J connectivity index is 2.13. The molecule has 0 heterocycles. The molecule has 0 saturated heterocycles. The van der Waals surface area contributed by atoms with Gasteiger partial charge in [-0.25, -0.2) is 4.79 Å². The molecule has 2 rings (SSSR count). The summed E-state index contributed by atoms with van der Waals surface area (Å²) < 4.78 is 0. The number of hydrogen-bond acceptors (Lipinski definition) is 8. The van der Waals surface area contributed by atoms with E-state index < -0.39 is 60.2 Å². The molecule has 222 valence electrons. The number of carbonyl (C=O) groups excluding carboxylic acids is 3. The Morgan fingerprint density at radius 1 is 0.756 bits per heavy atom. The number of nitrogens with one attached hydrogen (secondary N) is 3. The van der Waals surface area contributed by atoms with Crippen molar-refractivity contribution < 1.29 is 39.3 Å². The fourth-order valence-electron chi connectivity index (χ4n) is 3.89. The minimum Gasteiger partial charge on any atom is -0.508 e. The van der Waals surface area contributed by atoms with Gasteiger partial charge in [0.15, 0.2) is 0 Å². The molecule has 0 aliphatic carbocycles. The summed E-state index contributed by atoms with van der Waals surface area (Å²) in [5.41, 5.74) is 7.41. The van der Waals surface area contributed by atoms with E-state index in [2.05, 4.69) is 16.0 Å². The summed E-state index contributed by atoms with van der Waals surface area (Å²) >= 11 is 1.43. The van der Waals surface area contributed by atoms with Gasteiger partial charge < -0.3 is 37.0 Å². The number of benzene rings is 2. The number of carboxylic acid groups (broad SMARTS) is 2. The number of phenolic OH excluding ortho intramolecular Hbond substituents is 1. The van der Waals surface area contributed by atoms with Crippen LogP contribution >= 0.6 is 11.8 Å². The lowest BCUT2D eigenvalue weighted by atomic mass is 10.0. The number of aliphatic carboxylic acids is 2. The van der Waals surface area contributed by atoms with Crippen LogP contribution in [0.1, 0.15) is 30.4 Å². The highest BCUT2D eigenvalue weighted by Crippen LogP contribution is 2.12. The molecule has 0 bridgehead atoms. The molecule has 8 N–H and O–H groups in total. The van der Waals surface area contributed by atoms with Crippen LogP contribution in [0.4, 0.5) is 0 Å². The SMILES string of the molecule is CSCCC(NC(=O)C(N)Cc1ccc(O)cc1)C(=O)NC(CCC(=O)O)C(=O)NC(Cc1ccccc1)C(=O)O. The fourth-order valence-corrected chi connectivity index (χ4v) is 4.36. The van der Waals surface area contributed by atoms with E-state index in [1.54, 1.807) is 42.5 Å². The highest BCUT2D eigenvalue weighted by molar-refractivity contribution is 7.98. The molecule has 2 aromatic carbocycles. The van der Waals surface area contributed by atoms with Crippen molar-refractivity contribution in [3.05, 3.63) is 65.7 Å². The number of carboxylic acids is 2. The van der Waals surface area contributed by atoms with Crippen LogP contribution in [0.25, 0.3) is 0 Å². The molecule has 13 heteroatoms. The second kappa shape index (κ2) is 16.9. The molecule has 0 aromatic heterocycles. The highest BCUT2D eigenvalue weighted by Gasteiger charge is 2.30. The average Bonchev–Trinajstić information content (AvgIpc) is 2.94. The van der Waals surface area contributed by atoms with Gasteiger partial charge in [0, 0.05) is 12.8 Å². The van der Waals surface area contributed by atoms with E-state index in [-0.39, 0.29) is 31.4 Å². The van der Waals surface area contributed by atoms with Crippen molar-refractivity contribution in [3.8, 4) is 5.75 Å². The highest BCUT2D eigenvalue weighted by atomic mass is 32.2. The molecule has 2 aromatic rings. The number of rotatable bonds is 17. The molecule has 4 atom stereocenters. The van der Waals surface area contributed by atoms with E-state index in [4.69, 9.17) is 10.8 Å². The molecule has 12 nitrogen and oxygen atoms in total. The third kappa shape index (κ3) is 11.9. The number of hydrogen-bond donors (Lipinski definition) is 7. The summed E-state index contributed by atoms with van der Waals surface area (Å²) in [5.74, 6) is -4.15. The Bertz CT molecular complexity index is 1180. The zero-order valence-corrected chi connectivity index (χ0v) is 23.4. The predicted molar refractivity (Wildman–Crippen MR) is 153 cm³/mol. The molecule has 3 amide bonds. The monoisotopic (exact) mass is 588 g/mol. The zero-order valence-electron chi connectivity index (χ0n) is 22.6. The third-order valence-corrected chi connectivity index (χ3v) is 6.79. The topological polar surface area (TPSA) is 208 Å². The average molecular weight is 589 g/mol. The Labute approximate surface area is 242 Å². The first kappa shape index (κ1) is 33.1. The number of thioether (sulfide) groups is 1. The molecule has 0 fully saturated rings. The van der Waals surface area contributed by atoms with E-state index >= 15 is 0 Å². The van der Waals surface area contributed by atoms with Crippen molar-refractivity contribution in [1.29, 1.82) is 0 Å². The Morgan fingerprint density at radius 2 is 1.29 bits per heavy atom. The van der Waals surface area contributed by atoms with E-state index in [9.17, 15) is 34.2 Å². The molecule has 0 spiro atoms. The lowest BCUT2D eigenvalue weighted by Crippen LogP contribution is -2.57. The molecule has 4 unspecified atom stereocenters. The van der Waals surface area contributed by atoms with Crippen molar-refractivity contribution in [2.45, 2.75) is 56.3 Å². The van der Waals surface area contributed by atoms with Gasteiger partial charge in [0.2, 0.25) is 17.7 Å². The Kier molecular flexibility index (Phi) is 13.6. The molecule has 0 aliphatic heterocycles. The fraction of sp³-hybridized carbons (Fsp3) is 0.393. The molecule has 0 aliphatic rings. The van der Waals surface area contributed by atoms with Crippen LogP contribution in [0.2, 0.25) is 0 Å². The quantitative estimate of drug-likeness (QED) is 0.137. The van der Waals surface area contributed by atoms with Crippen LogP contribution in [0.15, 0.2) is 54.6 Å². The number of nitrogens with two attached hydrogens (primary N) is 1. The Morgan fingerprint density at radius 3 is 1.85 bits per heavy atom. The van der Waals surface area contributed by atoms with Crippen molar-refractivity contribution in [3.63, 3.8) is 0 Å². The Hall–Kier alpha value is -4.10. The van der Waals surface area contributed by atoms with Gasteiger partial charge in [-0.2, -0.15) is 11.8 Å². The van der Waals surface area contributed by atoms with Crippen LogP contribution in [0, 0.1) is 0 Å². The van der Waals surface area contributed by atoms with E-state index in [1.807, 2.05) is 6.26 Å². The van der Waals surface area contributed by atoms with Gasteiger partial charge in [-0.1, -0.05) is 42.5 Å². The molecule has 0 saturated carbocycles. The van der Waals surface area contributed by atoms with E-state index in [1.165, 1.54) is 23.9 Å². The first-order chi connectivity index (χ1) is 19.5. The van der Waals surface area contributed by atoms with Crippen molar-refractivity contribution >= 4 is 41.4 Å². The standard InChI is InChI=1S/C28H36N4O8S/c1-41-14-13-22(30-25(36)20(29)15-18-7-9-19(33)10-8-18)27(38)31-21(11-12-24(34)35)26(37)32-23(28(39)40)16-17-5-3-2-4-6-17/h2-10,20-23,33H,11-16,29H2,1H3,(H,30,36)(H,31,38)(H,32,37)(H,34,35)(H,39,40). The second-order valence-electron chi connectivity index (χ2n) is 9.40. The molecular formula is C28H36N4O8S. The van der Waals surface area contributed by atoms with Crippen molar-refractivity contribution in [2.75, 3.05) is 12.0 Å². The van der Waals surface area contributed by atoms with Gasteiger partial charge in [-0.05, 0) is 54.5 Å². The summed E-state index contributed by atoms with van der Waals surface area (Å²) in [6.07, 6.45) is 1.37. The van der Waals surface area contributed by atoms with Crippen LogP contribution in [0.5, 0.6) is 5.75 Å². The van der Waals surface area contributed by atoms with Crippen LogP contribution in [-0.2, 0) is 36.8 Å². The lowest BCUT2D eigenvalue weighted by molar-refractivity contribution is -0.143. The lowest BCUT2D eigenvalue weighted by Gasteiger charge is -2.25. The summed E-state index contributed by atoms with van der Waals surface area (Å²) in [6.45, 7) is 0. The number of phenols is 1. The molecular weight excluding hydrogens is 552 g/mol. The van der Waals surface area contributed by atoms with Gasteiger partial charge in [0.25, 0.3) is 0 Å². The molecule has 0 radical (unpaired) electrons. The van der Waals surface area contributed by atoms with Gasteiger partial charge in [-0.3, -0.25) is 19.2 Å². The maximum absolute atomic E-state index is 13.2. The minimum absolute atomic E-state index is 0.0210. The maximum Gasteiger partial charge on any atom is 0.326 e. The smallest absolute Gasteiger partial charge is 0.326 e. The van der Waals surface area contributed by atoms with Crippen molar-refractivity contribution in [1.82, 2.24) is 16.0 Å². The number of amides is 3. The number of carbonyl (C=O) groups is 5. The second-order valence-corrected chi connectivity index (χ2v) is 10.4. The van der Waals surface area contributed by atoms with Crippen LogP contribution < -0.4 is 21.7 Å². The van der Waals surface area contributed by atoms with Crippen LogP contribution in [0.3, 0.4) is 0 Å². The van der Waals surface area contributed by atoms with Gasteiger partial charge in [-0.15, -0.1) is 0 Å². The zero-order chi connectivity index (χ0) is 30.4. The summed E-state index contributed by atoms with van der Waals surface area (Å²) in [7, 11) is 0. The maximum atomic E-state index is 13.2. The number of aromatic hydroxyl groups is 1. The van der Waals surface area contributed by atoms with Crippen molar-refractivity contribution in [2.24, 2.45) is 5.73 Å². The largest absolute Gasteiger partial charge is 0.508 e. The summed E-state index contributed by atoms with van der Waals surface area (Å²) in [6, 6.07) is 10.0. The summed E-state index contributed by atoms with van der Waals surface area (Å²) in [5, 5.41) is 35.7. The molecule has 41 heavy (non-hydrogen) atoms. The third-order valence-electron chi connectivity index (χ3n) is 6.15. The minimum atomic E-state index is -1.37. The first-order valence-corrected chi connectivity index (χ1v) is 14.3.